The van der Waals surface area contributed by atoms with Crippen molar-refractivity contribution in [2.75, 3.05) is 0 Å². The fraction of sp³-hybridized carbons (Fsp3) is 0.364. The summed E-state index contributed by atoms with van der Waals surface area (Å²) in [5.74, 6) is -0.727. The fourth-order valence-corrected chi connectivity index (χ4v) is 6.26. The average molecular weight is 356 g/mol. The van der Waals surface area contributed by atoms with Crippen LogP contribution in [0, 0.1) is 17.6 Å². The first-order valence-electron chi connectivity index (χ1n) is 9.17. The summed E-state index contributed by atoms with van der Waals surface area (Å²) in [6.07, 6.45) is 7.35. The Labute approximate surface area is 151 Å². The van der Waals surface area contributed by atoms with Gasteiger partial charge in [-0.25, -0.2) is 8.78 Å². The van der Waals surface area contributed by atoms with Crippen molar-refractivity contribution in [2.24, 2.45) is 5.92 Å². The summed E-state index contributed by atoms with van der Waals surface area (Å²) in [5, 5.41) is 0. The molecule has 0 spiro atoms. The molecule has 3 heteroatoms. The van der Waals surface area contributed by atoms with Crippen LogP contribution in [0.4, 0.5) is 8.78 Å². The molecule has 1 aliphatic heterocycles. The van der Waals surface area contributed by atoms with Gasteiger partial charge < -0.3 is 0 Å². The maximum absolute atomic E-state index is 13.4. The Kier molecular flexibility index (Phi) is 6.19. The lowest BCUT2D eigenvalue weighted by atomic mass is 9.93. The molecule has 1 aliphatic rings. The molecule has 1 saturated heterocycles. The van der Waals surface area contributed by atoms with Crippen LogP contribution in [0.3, 0.4) is 0 Å². The zero-order chi connectivity index (χ0) is 17.6. The molecule has 0 aliphatic carbocycles. The highest BCUT2D eigenvalue weighted by Gasteiger charge is 2.20. The van der Waals surface area contributed by atoms with Gasteiger partial charge in [0.05, 0.1) is 8.80 Å². The van der Waals surface area contributed by atoms with Crippen molar-refractivity contribution in [1.29, 1.82) is 0 Å². The van der Waals surface area contributed by atoms with Gasteiger partial charge in [0.15, 0.2) is 11.6 Å². The summed E-state index contributed by atoms with van der Waals surface area (Å²) in [6, 6.07) is 15.2. The van der Waals surface area contributed by atoms with Gasteiger partial charge in [0.1, 0.15) is 0 Å². The highest BCUT2D eigenvalue weighted by Crippen LogP contribution is 2.29. The monoisotopic (exact) mass is 355 g/mol. The summed E-state index contributed by atoms with van der Waals surface area (Å²) in [6.45, 7) is 2.13. The van der Waals surface area contributed by atoms with Crippen LogP contribution in [-0.2, 0) is 6.42 Å². The first kappa shape index (κ1) is 18.1. The van der Waals surface area contributed by atoms with Gasteiger partial charge in [-0.3, -0.25) is 0 Å². The van der Waals surface area contributed by atoms with Crippen LogP contribution in [0.15, 0.2) is 54.2 Å². The average Bonchev–Trinajstić information content (AvgIpc) is 2.64. The molecule has 0 N–H and O–H groups in total. The minimum Gasteiger partial charge on any atom is -0.204 e. The first-order chi connectivity index (χ1) is 12.2. The molecule has 0 amide bonds. The number of hydrogen-bond acceptors (Lipinski definition) is 0. The van der Waals surface area contributed by atoms with E-state index in [1.54, 1.807) is 6.07 Å². The lowest BCUT2D eigenvalue weighted by Crippen LogP contribution is -2.19. The third-order valence-corrected chi connectivity index (χ3v) is 7.86. The van der Waals surface area contributed by atoms with Crippen molar-refractivity contribution >= 4 is 8.80 Å². The quantitative estimate of drug-likeness (QED) is 0.531. The van der Waals surface area contributed by atoms with E-state index in [0.29, 0.717) is 0 Å². The third kappa shape index (κ3) is 4.88. The fourth-order valence-electron chi connectivity index (χ4n) is 3.65. The van der Waals surface area contributed by atoms with Gasteiger partial charge in [-0.15, -0.1) is 5.70 Å². The second-order valence-electron chi connectivity index (χ2n) is 6.97. The van der Waals surface area contributed by atoms with E-state index in [1.165, 1.54) is 49.0 Å². The third-order valence-electron chi connectivity index (χ3n) is 5.20. The normalized spacial score (nSPS) is 16.6. The second kappa shape index (κ2) is 8.57. The smallest absolute Gasteiger partial charge is 0.159 e. The Hall–Kier alpha value is -1.74. The predicted molar refractivity (Wildman–Crippen MR) is 103 cm³/mol. The van der Waals surface area contributed by atoms with Crippen LogP contribution >= 0.6 is 0 Å². The van der Waals surface area contributed by atoms with E-state index in [9.17, 15) is 8.78 Å². The molecule has 131 valence electrons. The molecule has 0 unspecified atom stereocenters. The van der Waals surface area contributed by atoms with Crippen LogP contribution in [0.5, 0.6) is 0 Å². The SMILES string of the molecule is C/C=C\[Si]1CCC(CCc2ccc(-c3ccc(F)c(F)c3)cc2)CC1. The lowest BCUT2D eigenvalue weighted by Gasteiger charge is -2.25. The molecular weight excluding hydrogens is 330 g/mol. The standard InChI is InChI=1S/C22H25F2Si/c1-2-13-25-14-11-18(12-15-25)4-3-17-5-7-19(8-6-17)20-9-10-21(23)22(24)16-20/h2,5-10,13,16,18H,3-4,11-12,14-15H2,1H3/b13-2-. The maximum atomic E-state index is 13.4. The zero-order valence-corrected chi connectivity index (χ0v) is 15.8. The molecule has 25 heavy (non-hydrogen) atoms. The van der Waals surface area contributed by atoms with Crippen molar-refractivity contribution in [1.82, 2.24) is 0 Å². The lowest BCUT2D eigenvalue weighted by molar-refractivity contribution is 0.439. The maximum Gasteiger partial charge on any atom is 0.159 e. The Morgan fingerprint density at radius 3 is 2.28 bits per heavy atom. The van der Waals surface area contributed by atoms with Crippen molar-refractivity contribution < 1.29 is 8.78 Å². The molecule has 2 aromatic rings. The zero-order valence-electron chi connectivity index (χ0n) is 14.8. The molecule has 0 bridgehead atoms. The van der Waals surface area contributed by atoms with Crippen LogP contribution in [-0.4, -0.2) is 8.80 Å². The van der Waals surface area contributed by atoms with Gasteiger partial charge in [-0.1, -0.05) is 61.3 Å². The van der Waals surface area contributed by atoms with Crippen LogP contribution < -0.4 is 0 Å². The highest BCUT2D eigenvalue weighted by atomic mass is 28.3. The Morgan fingerprint density at radius 2 is 1.64 bits per heavy atom. The van der Waals surface area contributed by atoms with Gasteiger partial charge in [0, 0.05) is 0 Å². The molecular formula is C22H25F2Si. The summed E-state index contributed by atoms with van der Waals surface area (Å²) >= 11 is 0. The molecule has 0 nitrogen and oxygen atoms in total. The van der Waals surface area contributed by atoms with E-state index in [0.717, 1.165) is 23.5 Å². The molecule has 0 aromatic heterocycles. The Morgan fingerprint density at radius 1 is 0.960 bits per heavy atom. The first-order valence-corrected chi connectivity index (χ1v) is 11.2. The van der Waals surface area contributed by atoms with E-state index in [-0.39, 0.29) is 8.80 Å². The Bertz CT molecular complexity index is 713. The van der Waals surface area contributed by atoms with Gasteiger partial charge in [0.2, 0.25) is 0 Å². The van der Waals surface area contributed by atoms with E-state index in [4.69, 9.17) is 0 Å². The minimum atomic E-state index is -0.799. The highest BCUT2D eigenvalue weighted by molar-refractivity contribution is 6.64. The largest absolute Gasteiger partial charge is 0.204 e. The number of allylic oxidation sites excluding steroid dienone is 1. The topological polar surface area (TPSA) is 0 Å². The van der Waals surface area contributed by atoms with Gasteiger partial charge in [-0.05, 0) is 54.5 Å². The number of hydrogen-bond donors (Lipinski definition) is 0. The predicted octanol–water partition coefficient (Wildman–Crippen LogP) is 6.58. The number of aryl methyl sites for hydroxylation is 1. The van der Waals surface area contributed by atoms with Crippen LogP contribution in [0.2, 0.25) is 12.1 Å². The molecule has 3 rings (SSSR count). The van der Waals surface area contributed by atoms with E-state index in [2.05, 4.69) is 30.8 Å². The summed E-state index contributed by atoms with van der Waals surface area (Å²) in [7, 11) is -0.194. The number of rotatable bonds is 5. The van der Waals surface area contributed by atoms with Crippen molar-refractivity contribution in [2.45, 2.75) is 44.7 Å². The summed E-state index contributed by atoms with van der Waals surface area (Å²) in [5.41, 5.74) is 5.43. The summed E-state index contributed by atoms with van der Waals surface area (Å²) in [4.78, 5) is 0. The molecule has 0 saturated carbocycles. The van der Waals surface area contributed by atoms with E-state index >= 15 is 0 Å². The Balaban J connectivity index is 1.54. The van der Waals surface area contributed by atoms with Gasteiger partial charge >= 0.3 is 0 Å². The molecule has 0 atom stereocenters. The van der Waals surface area contributed by atoms with Crippen LogP contribution in [0.1, 0.15) is 31.7 Å². The van der Waals surface area contributed by atoms with E-state index < -0.39 is 11.6 Å². The summed E-state index contributed by atoms with van der Waals surface area (Å²) < 4.78 is 26.4. The number of halogens is 2. The van der Waals surface area contributed by atoms with Crippen molar-refractivity contribution in [3.05, 3.63) is 71.4 Å². The van der Waals surface area contributed by atoms with Gasteiger partial charge in [-0.2, -0.15) is 0 Å². The van der Waals surface area contributed by atoms with Crippen LogP contribution in [0.25, 0.3) is 11.1 Å². The molecule has 1 heterocycles. The number of benzene rings is 2. The van der Waals surface area contributed by atoms with E-state index in [1.807, 2.05) is 12.1 Å². The second-order valence-corrected chi connectivity index (χ2v) is 9.62. The van der Waals surface area contributed by atoms with Crippen molar-refractivity contribution in [3.63, 3.8) is 0 Å². The molecule has 1 radical (unpaired) electrons. The molecule has 2 aromatic carbocycles. The minimum absolute atomic E-state index is 0.194. The molecule has 1 fully saturated rings. The van der Waals surface area contributed by atoms with Crippen molar-refractivity contribution in [3.8, 4) is 11.1 Å². The van der Waals surface area contributed by atoms with Gasteiger partial charge in [0.25, 0.3) is 0 Å².